The molecule has 3 N–H and O–H groups in total. The first kappa shape index (κ1) is 20.4. The molecular weight excluding hydrogens is 382 g/mol. The molecule has 5 nitrogen and oxygen atoms in total. The average molecular weight is 406 g/mol. The molecule has 1 amide bonds. The summed E-state index contributed by atoms with van der Waals surface area (Å²) in [6, 6.07) is 23.1. The molecule has 0 bridgehead atoms. The molecule has 0 saturated carbocycles. The summed E-state index contributed by atoms with van der Waals surface area (Å²) in [6.07, 6.45) is 0.125. The van der Waals surface area contributed by atoms with E-state index in [9.17, 15) is 4.79 Å². The van der Waals surface area contributed by atoms with E-state index < -0.39 is 5.91 Å². The van der Waals surface area contributed by atoms with Crippen molar-refractivity contribution in [2.45, 2.75) is 13.3 Å². The summed E-state index contributed by atoms with van der Waals surface area (Å²) < 4.78 is 5.30. The fourth-order valence-corrected chi connectivity index (χ4v) is 3.42. The lowest BCUT2D eigenvalue weighted by Crippen LogP contribution is -2.32. The number of para-hydroxylation sites is 2. The Balaban J connectivity index is 2.06. The van der Waals surface area contributed by atoms with Crippen LogP contribution in [-0.4, -0.2) is 18.1 Å². The molecule has 0 aliphatic carbocycles. The highest BCUT2D eigenvalue weighted by Gasteiger charge is 2.20. The molecule has 0 saturated heterocycles. The van der Waals surface area contributed by atoms with Gasteiger partial charge in [-0.25, -0.2) is 0 Å². The number of nitrogens with zero attached hydrogens (tertiary/aromatic N) is 1. The van der Waals surface area contributed by atoms with Gasteiger partial charge in [-0.1, -0.05) is 42.5 Å². The summed E-state index contributed by atoms with van der Waals surface area (Å²) in [5.74, 6) is 0.336. The molecule has 3 aromatic carbocycles. The highest BCUT2D eigenvalue weighted by Crippen LogP contribution is 2.32. The summed E-state index contributed by atoms with van der Waals surface area (Å²) in [5, 5.41) is 3.76. The monoisotopic (exact) mass is 405 g/mol. The maximum absolute atomic E-state index is 11.6. The number of amides is 1. The van der Waals surface area contributed by atoms with Crippen LogP contribution in [0, 0.1) is 6.92 Å². The van der Waals surface area contributed by atoms with E-state index in [4.69, 9.17) is 22.7 Å². The Bertz CT molecular complexity index is 1040. The van der Waals surface area contributed by atoms with Crippen molar-refractivity contribution in [1.29, 1.82) is 0 Å². The van der Waals surface area contributed by atoms with Crippen LogP contribution in [0.3, 0.4) is 0 Å². The number of hydrogen-bond donors (Lipinski definition) is 2. The Morgan fingerprint density at radius 2 is 1.72 bits per heavy atom. The predicted molar refractivity (Wildman–Crippen MR) is 122 cm³/mol. The quantitative estimate of drug-likeness (QED) is 0.588. The number of aryl methyl sites for hydroxylation is 1. The van der Waals surface area contributed by atoms with Crippen molar-refractivity contribution in [3.63, 3.8) is 0 Å². The normalized spacial score (nSPS) is 10.3. The number of carbonyl (C=O) groups excluding carboxylic acids is 1. The van der Waals surface area contributed by atoms with Gasteiger partial charge in [0.1, 0.15) is 5.75 Å². The second-order valence-corrected chi connectivity index (χ2v) is 6.94. The Morgan fingerprint density at radius 1 is 1.03 bits per heavy atom. The lowest BCUT2D eigenvalue weighted by Gasteiger charge is -2.29. The van der Waals surface area contributed by atoms with Crippen molar-refractivity contribution in [1.82, 2.24) is 0 Å². The van der Waals surface area contributed by atoms with Crippen molar-refractivity contribution >= 4 is 40.3 Å². The predicted octanol–water partition coefficient (Wildman–Crippen LogP) is 4.57. The van der Waals surface area contributed by atoms with Gasteiger partial charge in [-0.3, -0.25) is 9.69 Å². The maximum atomic E-state index is 11.6. The molecule has 3 rings (SSSR count). The van der Waals surface area contributed by atoms with Gasteiger partial charge in [0.25, 0.3) is 0 Å². The molecule has 6 heteroatoms. The Kier molecular flexibility index (Phi) is 6.46. The van der Waals surface area contributed by atoms with Crippen LogP contribution >= 0.6 is 12.2 Å². The van der Waals surface area contributed by atoms with Gasteiger partial charge in [0.2, 0.25) is 5.91 Å². The van der Waals surface area contributed by atoms with Crippen molar-refractivity contribution in [3.05, 3.63) is 83.9 Å². The maximum Gasteiger partial charge on any atom is 0.221 e. The van der Waals surface area contributed by atoms with Crippen LogP contribution in [-0.2, 0) is 11.2 Å². The van der Waals surface area contributed by atoms with Crippen molar-refractivity contribution in [3.8, 4) is 5.75 Å². The number of hydrogen-bond acceptors (Lipinski definition) is 3. The highest BCUT2D eigenvalue weighted by atomic mass is 32.1. The highest BCUT2D eigenvalue weighted by molar-refractivity contribution is 7.80. The zero-order valence-electron chi connectivity index (χ0n) is 16.4. The number of rotatable bonds is 6. The molecule has 0 heterocycles. The SMILES string of the molecule is COc1cccc(NC(=S)N(c2ccccc2C)c2ccccc2CC(N)=O)c1. The first-order chi connectivity index (χ1) is 14.0. The first-order valence-corrected chi connectivity index (χ1v) is 9.57. The number of thiocarbonyl (C=S) groups is 1. The van der Waals surface area contributed by atoms with Crippen molar-refractivity contribution < 1.29 is 9.53 Å². The van der Waals surface area contributed by atoms with Crippen LogP contribution in [0.1, 0.15) is 11.1 Å². The van der Waals surface area contributed by atoms with Gasteiger partial charge in [0.05, 0.1) is 24.9 Å². The third-order valence-corrected chi connectivity index (χ3v) is 4.76. The number of carbonyl (C=O) groups is 1. The summed E-state index contributed by atoms with van der Waals surface area (Å²) in [7, 11) is 1.62. The van der Waals surface area contributed by atoms with Crippen LogP contribution < -0.4 is 20.7 Å². The number of nitrogens with one attached hydrogen (secondary N) is 1. The third-order valence-electron chi connectivity index (χ3n) is 4.48. The molecule has 3 aromatic rings. The van der Waals surface area contributed by atoms with Crippen molar-refractivity contribution in [2.75, 3.05) is 17.3 Å². The van der Waals surface area contributed by atoms with E-state index in [2.05, 4.69) is 5.32 Å². The Labute approximate surface area is 176 Å². The van der Waals surface area contributed by atoms with E-state index in [1.165, 1.54) is 0 Å². The molecule has 0 aliphatic heterocycles. The van der Waals surface area contributed by atoms with Crippen molar-refractivity contribution in [2.24, 2.45) is 5.73 Å². The number of primary amides is 1. The number of nitrogens with two attached hydrogens (primary N) is 1. The molecule has 0 fully saturated rings. The van der Waals surface area contributed by atoms with E-state index in [0.717, 1.165) is 33.9 Å². The van der Waals surface area contributed by atoms with E-state index in [1.54, 1.807) is 7.11 Å². The smallest absolute Gasteiger partial charge is 0.221 e. The number of benzene rings is 3. The molecular formula is C23H23N3O2S. The molecule has 0 aliphatic rings. The van der Waals surface area contributed by atoms with Crippen LogP contribution in [0.25, 0.3) is 0 Å². The number of ether oxygens (including phenoxy) is 1. The van der Waals surface area contributed by atoms with Gasteiger partial charge in [0, 0.05) is 11.8 Å². The van der Waals surface area contributed by atoms with E-state index in [0.29, 0.717) is 5.11 Å². The second kappa shape index (κ2) is 9.21. The largest absolute Gasteiger partial charge is 0.497 e. The zero-order valence-corrected chi connectivity index (χ0v) is 17.2. The van der Waals surface area contributed by atoms with Crippen LogP contribution in [0.4, 0.5) is 17.1 Å². The van der Waals surface area contributed by atoms with Gasteiger partial charge >= 0.3 is 0 Å². The zero-order chi connectivity index (χ0) is 20.8. The molecule has 0 atom stereocenters. The van der Waals surface area contributed by atoms with Gasteiger partial charge in [0.15, 0.2) is 5.11 Å². The summed E-state index contributed by atoms with van der Waals surface area (Å²) in [5.41, 5.74) is 9.86. The van der Waals surface area contributed by atoms with Crippen LogP contribution in [0.15, 0.2) is 72.8 Å². The second-order valence-electron chi connectivity index (χ2n) is 6.56. The fourth-order valence-electron chi connectivity index (χ4n) is 3.11. The summed E-state index contributed by atoms with van der Waals surface area (Å²) in [6.45, 7) is 2.02. The minimum Gasteiger partial charge on any atom is -0.497 e. The molecule has 148 valence electrons. The minimum absolute atomic E-state index is 0.125. The Morgan fingerprint density at radius 3 is 2.41 bits per heavy atom. The van der Waals surface area contributed by atoms with Gasteiger partial charge in [-0.05, 0) is 54.5 Å². The third kappa shape index (κ3) is 4.92. The van der Waals surface area contributed by atoms with E-state index in [1.807, 2.05) is 84.6 Å². The van der Waals surface area contributed by atoms with Gasteiger partial charge < -0.3 is 15.8 Å². The van der Waals surface area contributed by atoms with Gasteiger partial charge in [-0.15, -0.1) is 0 Å². The molecule has 0 aromatic heterocycles. The van der Waals surface area contributed by atoms with Gasteiger partial charge in [-0.2, -0.15) is 0 Å². The topological polar surface area (TPSA) is 67.6 Å². The lowest BCUT2D eigenvalue weighted by molar-refractivity contribution is -0.117. The van der Waals surface area contributed by atoms with Crippen LogP contribution in [0.5, 0.6) is 5.75 Å². The summed E-state index contributed by atoms with van der Waals surface area (Å²) in [4.78, 5) is 13.6. The molecule has 0 unspecified atom stereocenters. The molecule has 29 heavy (non-hydrogen) atoms. The lowest BCUT2D eigenvalue weighted by atomic mass is 10.1. The number of methoxy groups -OCH3 is 1. The van der Waals surface area contributed by atoms with E-state index >= 15 is 0 Å². The summed E-state index contributed by atoms with van der Waals surface area (Å²) >= 11 is 5.79. The average Bonchev–Trinajstić information content (AvgIpc) is 2.70. The first-order valence-electron chi connectivity index (χ1n) is 9.16. The Hall–Kier alpha value is -3.38. The molecule has 0 radical (unpaired) electrons. The fraction of sp³-hybridized carbons (Fsp3) is 0.130. The van der Waals surface area contributed by atoms with E-state index in [-0.39, 0.29) is 6.42 Å². The minimum atomic E-state index is -0.395. The number of anilines is 3. The molecule has 0 spiro atoms. The standard InChI is InChI=1S/C23H23N3O2S/c1-16-8-3-5-12-20(16)26(21-13-6-4-9-17(21)14-22(24)27)23(29)25-18-10-7-11-19(15-18)28-2/h3-13,15H,14H2,1-2H3,(H2,24,27)(H,25,29). The van der Waals surface area contributed by atoms with Crippen LogP contribution in [0.2, 0.25) is 0 Å².